The quantitative estimate of drug-likeness (QED) is 0.569. The van der Waals surface area contributed by atoms with Gasteiger partial charge < -0.3 is 4.90 Å². The minimum Gasteiger partial charge on any atom is -0.364 e. The number of carbonyl (C=O) groups excluding carboxylic acids is 1. The van der Waals surface area contributed by atoms with Crippen molar-refractivity contribution in [2.45, 2.75) is 24.9 Å². The van der Waals surface area contributed by atoms with Gasteiger partial charge in [0.25, 0.3) is 0 Å². The van der Waals surface area contributed by atoms with E-state index in [4.69, 9.17) is 0 Å². The fourth-order valence-corrected chi connectivity index (χ4v) is 1.47. The van der Waals surface area contributed by atoms with Gasteiger partial charge in [-0.05, 0) is 18.9 Å². The molecule has 2 heteroatoms. The van der Waals surface area contributed by atoms with E-state index in [2.05, 4.69) is 11.1 Å². The highest BCUT2D eigenvalue weighted by Crippen LogP contribution is 2.30. The summed E-state index contributed by atoms with van der Waals surface area (Å²) < 4.78 is 0. The lowest BCUT2D eigenvalue weighted by Crippen LogP contribution is -2.30. The zero-order valence-electron chi connectivity index (χ0n) is 6.81. The summed E-state index contributed by atoms with van der Waals surface area (Å²) in [4.78, 5) is 12.4. The van der Waals surface area contributed by atoms with Crippen LogP contribution in [0.25, 0.3) is 0 Å². The van der Waals surface area contributed by atoms with Crippen LogP contribution in [0.3, 0.4) is 0 Å². The summed E-state index contributed by atoms with van der Waals surface area (Å²) in [7, 11) is 0. The Morgan fingerprint density at radius 3 is 2.92 bits per heavy atom. The van der Waals surface area contributed by atoms with E-state index in [1.54, 1.807) is 6.08 Å². The van der Waals surface area contributed by atoms with E-state index in [1.807, 2.05) is 24.2 Å². The molecule has 1 aliphatic heterocycles. The van der Waals surface area contributed by atoms with E-state index in [0.717, 1.165) is 0 Å². The maximum atomic E-state index is 10.2. The molecular weight excluding hydrogens is 150 g/mol. The summed E-state index contributed by atoms with van der Waals surface area (Å²) in [5.41, 5.74) is 0. The van der Waals surface area contributed by atoms with Gasteiger partial charge in [0.2, 0.25) is 0 Å². The average Bonchev–Trinajstić information content (AvgIpc) is 2.89. The monoisotopic (exact) mass is 161 g/mol. The van der Waals surface area contributed by atoms with E-state index >= 15 is 0 Å². The lowest BCUT2D eigenvalue weighted by Gasteiger charge is -2.27. The highest BCUT2D eigenvalue weighted by molar-refractivity contribution is 5.48. The van der Waals surface area contributed by atoms with Crippen molar-refractivity contribution in [1.82, 2.24) is 4.90 Å². The Morgan fingerprint density at radius 2 is 2.25 bits per heavy atom. The Balaban J connectivity index is 2.12. The molecule has 0 radical (unpaired) electrons. The molecule has 0 amide bonds. The van der Waals surface area contributed by atoms with Crippen LogP contribution in [-0.2, 0) is 4.79 Å². The van der Waals surface area contributed by atoms with Crippen molar-refractivity contribution in [3.63, 3.8) is 0 Å². The molecular formula is C10H11NO. The van der Waals surface area contributed by atoms with Crippen molar-refractivity contribution < 1.29 is 4.79 Å². The van der Waals surface area contributed by atoms with Gasteiger partial charge in [0.15, 0.2) is 0 Å². The second-order valence-corrected chi connectivity index (χ2v) is 3.18. The van der Waals surface area contributed by atoms with E-state index in [-0.39, 0.29) is 6.04 Å². The Hall–Kier alpha value is -1.27. The molecule has 2 nitrogen and oxygen atoms in total. The molecule has 1 atom stereocenters. The fourth-order valence-electron chi connectivity index (χ4n) is 1.47. The van der Waals surface area contributed by atoms with Crippen molar-refractivity contribution in [2.75, 3.05) is 0 Å². The minimum atomic E-state index is 0.139. The maximum absolute atomic E-state index is 10.2. The third-order valence-corrected chi connectivity index (χ3v) is 2.23. The highest BCUT2D eigenvalue weighted by Gasteiger charge is 2.30. The highest BCUT2D eigenvalue weighted by atomic mass is 16.1. The number of hydrogen-bond acceptors (Lipinski definition) is 2. The SMILES string of the molecule is O=C=CC1C=CC=CN1C1CC1. The smallest absolute Gasteiger partial charge is 0.122 e. The van der Waals surface area contributed by atoms with Crippen molar-refractivity contribution in [2.24, 2.45) is 0 Å². The molecule has 0 spiro atoms. The topological polar surface area (TPSA) is 20.3 Å². The standard InChI is InChI=1S/C10H11NO/c12-8-6-9-3-1-2-7-11(9)10-4-5-10/h1-3,6-7,9-10H,4-5H2. The predicted molar refractivity (Wildman–Crippen MR) is 47.2 cm³/mol. The molecule has 0 aromatic heterocycles. The van der Waals surface area contributed by atoms with Crippen LogP contribution in [0.1, 0.15) is 12.8 Å². The van der Waals surface area contributed by atoms with Crippen LogP contribution in [0.15, 0.2) is 30.5 Å². The Kier molecular flexibility index (Phi) is 1.84. The van der Waals surface area contributed by atoms with Gasteiger partial charge in [-0.15, -0.1) is 0 Å². The molecule has 0 N–H and O–H groups in total. The lowest BCUT2D eigenvalue weighted by molar-refractivity contribution is 0.346. The number of hydrogen-bond donors (Lipinski definition) is 0. The summed E-state index contributed by atoms with van der Waals surface area (Å²) >= 11 is 0. The van der Waals surface area contributed by atoms with Crippen LogP contribution in [0.5, 0.6) is 0 Å². The first-order valence-corrected chi connectivity index (χ1v) is 4.25. The normalized spacial score (nSPS) is 27.0. The molecule has 1 fully saturated rings. The first-order valence-electron chi connectivity index (χ1n) is 4.25. The Morgan fingerprint density at radius 1 is 1.42 bits per heavy atom. The van der Waals surface area contributed by atoms with Gasteiger partial charge >= 0.3 is 0 Å². The van der Waals surface area contributed by atoms with Gasteiger partial charge in [-0.25, -0.2) is 4.79 Å². The molecule has 1 aliphatic carbocycles. The van der Waals surface area contributed by atoms with Gasteiger partial charge in [0.05, 0.1) is 6.04 Å². The second kappa shape index (κ2) is 3.00. The molecule has 62 valence electrons. The molecule has 0 aromatic carbocycles. The first-order chi connectivity index (χ1) is 5.92. The molecule has 12 heavy (non-hydrogen) atoms. The van der Waals surface area contributed by atoms with Crippen molar-refractivity contribution in [3.05, 3.63) is 30.5 Å². The summed E-state index contributed by atoms with van der Waals surface area (Å²) in [5.74, 6) is 1.85. The Bertz CT molecular complexity index is 270. The summed E-state index contributed by atoms with van der Waals surface area (Å²) in [5, 5.41) is 0. The van der Waals surface area contributed by atoms with Crippen molar-refractivity contribution in [1.29, 1.82) is 0 Å². The van der Waals surface area contributed by atoms with Gasteiger partial charge in [-0.3, -0.25) is 0 Å². The molecule has 0 saturated heterocycles. The summed E-state index contributed by atoms with van der Waals surface area (Å²) in [6.45, 7) is 0. The van der Waals surface area contributed by atoms with Crippen LogP contribution >= 0.6 is 0 Å². The maximum Gasteiger partial charge on any atom is 0.122 e. The third kappa shape index (κ3) is 1.34. The van der Waals surface area contributed by atoms with E-state index < -0.39 is 0 Å². The minimum absolute atomic E-state index is 0.139. The Labute approximate surface area is 71.9 Å². The van der Waals surface area contributed by atoms with Gasteiger partial charge in [0.1, 0.15) is 5.94 Å². The zero-order valence-corrected chi connectivity index (χ0v) is 6.81. The van der Waals surface area contributed by atoms with E-state index in [0.29, 0.717) is 6.04 Å². The molecule has 0 bridgehead atoms. The van der Waals surface area contributed by atoms with Crippen LogP contribution in [0.4, 0.5) is 0 Å². The molecule has 1 unspecified atom stereocenters. The van der Waals surface area contributed by atoms with Crippen molar-refractivity contribution >= 4 is 5.94 Å². The number of rotatable bonds is 2. The molecule has 0 aromatic rings. The third-order valence-electron chi connectivity index (χ3n) is 2.23. The van der Waals surface area contributed by atoms with Crippen LogP contribution < -0.4 is 0 Å². The van der Waals surface area contributed by atoms with Gasteiger partial charge in [0, 0.05) is 18.3 Å². The first kappa shape index (κ1) is 7.38. The summed E-state index contributed by atoms with van der Waals surface area (Å²) in [6, 6.07) is 0.792. The lowest BCUT2D eigenvalue weighted by atomic mass is 10.2. The second-order valence-electron chi connectivity index (χ2n) is 3.18. The fraction of sp³-hybridized carbons (Fsp3) is 0.400. The molecule has 1 heterocycles. The average molecular weight is 161 g/mol. The van der Waals surface area contributed by atoms with E-state index in [1.165, 1.54) is 12.8 Å². The van der Waals surface area contributed by atoms with E-state index in [9.17, 15) is 4.79 Å². The summed E-state index contributed by atoms with van der Waals surface area (Å²) in [6.07, 6.45) is 12.1. The molecule has 1 saturated carbocycles. The number of nitrogens with zero attached hydrogens (tertiary/aromatic N) is 1. The number of allylic oxidation sites excluding steroid dienone is 2. The van der Waals surface area contributed by atoms with Crippen LogP contribution in [-0.4, -0.2) is 22.9 Å². The zero-order chi connectivity index (χ0) is 8.39. The van der Waals surface area contributed by atoms with Crippen molar-refractivity contribution in [3.8, 4) is 0 Å². The van der Waals surface area contributed by atoms with Crippen LogP contribution in [0.2, 0.25) is 0 Å². The van der Waals surface area contributed by atoms with Gasteiger partial charge in [-0.1, -0.05) is 12.2 Å². The molecule has 2 rings (SSSR count). The van der Waals surface area contributed by atoms with Crippen LogP contribution in [0, 0.1) is 0 Å². The molecule has 2 aliphatic rings. The largest absolute Gasteiger partial charge is 0.364 e. The van der Waals surface area contributed by atoms with Gasteiger partial charge in [-0.2, -0.15) is 0 Å². The predicted octanol–water partition coefficient (Wildman–Crippen LogP) is 1.29.